The first-order valence-electron chi connectivity index (χ1n) is 5.62. The van der Waals surface area contributed by atoms with Crippen molar-refractivity contribution in [2.45, 2.75) is 13.8 Å². The number of halogens is 1. The van der Waals surface area contributed by atoms with Gasteiger partial charge in [0.15, 0.2) is 0 Å². The molecule has 0 spiro atoms. The molecule has 100 valence electrons. The van der Waals surface area contributed by atoms with E-state index in [0.29, 0.717) is 31.5 Å². The predicted molar refractivity (Wildman–Crippen MR) is 70.0 cm³/mol. The molecule has 0 aliphatic heterocycles. The molecule has 0 aliphatic carbocycles. The average molecular weight is 274 g/mol. The van der Waals surface area contributed by atoms with E-state index in [1.54, 1.807) is 0 Å². The maximum atomic E-state index is 10.6. The Balaban J connectivity index is 2.44. The third kappa shape index (κ3) is 5.29. The summed E-state index contributed by atoms with van der Waals surface area (Å²) in [5.74, 6) is 0.859. The summed E-state index contributed by atoms with van der Waals surface area (Å²) in [7, 11) is 0. The van der Waals surface area contributed by atoms with Crippen LogP contribution in [0.5, 0.6) is 0 Å². The average Bonchev–Trinajstić information content (AvgIpc) is 2.27. The molecule has 0 saturated carbocycles. The van der Waals surface area contributed by atoms with Crippen LogP contribution in [0.2, 0.25) is 5.15 Å². The van der Waals surface area contributed by atoms with Crippen molar-refractivity contribution in [2.75, 3.05) is 25.1 Å². The minimum atomic E-state index is -0.506. The van der Waals surface area contributed by atoms with Crippen molar-refractivity contribution < 1.29 is 9.66 Å². The first-order chi connectivity index (χ1) is 8.49. The van der Waals surface area contributed by atoms with Crippen LogP contribution in [0.3, 0.4) is 0 Å². The van der Waals surface area contributed by atoms with Gasteiger partial charge in [-0.3, -0.25) is 10.1 Å². The van der Waals surface area contributed by atoms with Crippen molar-refractivity contribution in [1.29, 1.82) is 0 Å². The smallest absolute Gasteiger partial charge is 0.276 e. The standard InChI is InChI=1S/C11H16ClN3O3/c1-8(2)7-18-4-3-13-11-6-9(15(16)17)5-10(12)14-11/h5-6,8H,3-4,7H2,1-2H3,(H,13,14). The molecule has 0 radical (unpaired) electrons. The van der Waals surface area contributed by atoms with Gasteiger partial charge in [-0.2, -0.15) is 0 Å². The molecule has 6 nitrogen and oxygen atoms in total. The largest absolute Gasteiger partial charge is 0.379 e. The molecule has 1 aromatic heterocycles. The maximum absolute atomic E-state index is 10.6. The van der Waals surface area contributed by atoms with Crippen molar-refractivity contribution in [3.8, 4) is 0 Å². The highest BCUT2D eigenvalue weighted by molar-refractivity contribution is 6.29. The number of aromatic nitrogens is 1. The van der Waals surface area contributed by atoms with Gasteiger partial charge in [-0.15, -0.1) is 0 Å². The summed E-state index contributed by atoms with van der Waals surface area (Å²) in [6.07, 6.45) is 0. The molecule has 1 rings (SSSR count). The lowest BCUT2D eigenvalue weighted by Crippen LogP contribution is -2.13. The minimum Gasteiger partial charge on any atom is -0.379 e. The first-order valence-corrected chi connectivity index (χ1v) is 6.00. The van der Waals surface area contributed by atoms with Gasteiger partial charge in [0.25, 0.3) is 5.69 Å². The third-order valence-corrected chi connectivity index (χ3v) is 2.19. The van der Waals surface area contributed by atoms with Crippen LogP contribution in [0.25, 0.3) is 0 Å². The quantitative estimate of drug-likeness (QED) is 0.358. The molecule has 0 fully saturated rings. The van der Waals surface area contributed by atoms with E-state index in [4.69, 9.17) is 16.3 Å². The van der Waals surface area contributed by atoms with E-state index >= 15 is 0 Å². The van der Waals surface area contributed by atoms with Crippen LogP contribution < -0.4 is 5.32 Å². The number of rotatable bonds is 7. The number of pyridine rings is 1. The molecule has 1 heterocycles. The summed E-state index contributed by atoms with van der Waals surface area (Å²) in [6, 6.07) is 2.55. The van der Waals surface area contributed by atoms with Gasteiger partial charge >= 0.3 is 0 Å². The van der Waals surface area contributed by atoms with E-state index in [-0.39, 0.29) is 10.8 Å². The number of nitrogens with one attached hydrogen (secondary N) is 1. The second-order valence-corrected chi connectivity index (χ2v) is 4.57. The molecule has 0 unspecified atom stereocenters. The zero-order valence-corrected chi connectivity index (χ0v) is 11.1. The lowest BCUT2D eigenvalue weighted by atomic mass is 10.2. The lowest BCUT2D eigenvalue weighted by molar-refractivity contribution is -0.384. The van der Waals surface area contributed by atoms with Crippen LogP contribution in [-0.2, 0) is 4.74 Å². The SMILES string of the molecule is CC(C)COCCNc1cc([N+](=O)[O-])cc(Cl)n1. The molecule has 18 heavy (non-hydrogen) atoms. The van der Waals surface area contributed by atoms with Gasteiger partial charge < -0.3 is 10.1 Å². The summed E-state index contributed by atoms with van der Waals surface area (Å²) in [4.78, 5) is 14.1. The highest BCUT2D eigenvalue weighted by atomic mass is 35.5. The van der Waals surface area contributed by atoms with Gasteiger partial charge in [-0.1, -0.05) is 25.4 Å². The van der Waals surface area contributed by atoms with Gasteiger partial charge in [0, 0.05) is 13.2 Å². The Morgan fingerprint density at radius 1 is 1.56 bits per heavy atom. The van der Waals surface area contributed by atoms with E-state index in [2.05, 4.69) is 24.1 Å². The first kappa shape index (κ1) is 14.7. The van der Waals surface area contributed by atoms with Crippen LogP contribution in [0.1, 0.15) is 13.8 Å². The monoisotopic (exact) mass is 273 g/mol. The van der Waals surface area contributed by atoms with Crippen LogP contribution in [0, 0.1) is 16.0 Å². The molecule has 0 aromatic carbocycles. The Labute approximate surface area is 110 Å². The lowest BCUT2D eigenvalue weighted by Gasteiger charge is -2.08. The molecule has 1 N–H and O–H groups in total. The number of ether oxygens (including phenoxy) is 1. The Morgan fingerprint density at radius 2 is 2.28 bits per heavy atom. The number of nitrogens with zero attached hydrogens (tertiary/aromatic N) is 2. The van der Waals surface area contributed by atoms with Gasteiger partial charge in [0.05, 0.1) is 23.7 Å². The van der Waals surface area contributed by atoms with Gasteiger partial charge in [0.1, 0.15) is 11.0 Å². The fourth-order valence-corrected chi connectivity index (χ4v) is 1.45. The molecule has 0 bridgehead atoms. The molecule has 7 heteroatoms. The van der Waals surface area contributed by atoms with Crippen molar-refractivity contribution in [2.24, 2.45) is 5.92 Å². The number of hydrogen-bond donors (Lipinski definition) is 1. The van der Waals surface area contributed by atoms with Crippen LogP contribution in [0.4, 0.5) is 11.5 Å². The van der Waals surface area contributed by atoms with Crippen LogP contribution in [-0.4, -0.2) is 29.7 Å². The van der Waals surface area contributed by atoms with Crippen molar-refractivity contribution in [1.82, 2.24) is 4.98 Å². The van der Waals surface area contributed by atoms with Gasteiger partial charge in [0.2, 0.25) is 0 Å². The Hall–Kier alpha value is -1.40. The van der Waals surface area contributed by atoms with Crippen molar-refractivity contribution >= 4 is 23.1 Å². The Morgan fingerprint density at radius 3 is 2.89 bits per heavy atom. The van der Waals surface area contributed by atoms with E-state index in [9.17, 15) is 10.1 Å². The third-order valence-electron chi connectivity index (χ3n) is 1.99. The van der Waals surface area contributed by atoms with Crippen LogP contribution >= 0.6 is 11.6 Å². The summed E-state index contributed by atoms with van der Waals surface area (Å²) >= 11 is 5.69. The maximum Gasteiger partial charge on any atom is 0.276 e. The van der Waals surface area contributed by atoms with Gasteiger partial charge in [-0.05, 0) is 5.92 Å². The fourth-order valence-electron chi connectivity index (χ4n) is 1.25. The normalized spacial score (nSPS) is 10.7. The Kier molecular flexibility index (Phi) is 5.80. The van der Waals surface area contributed by atoms with Crippen molar-refractivity contribution in [3.63, 3.8) is 0 Å². The van der Waals surface area contributed by atoms with E-state index in [1.807, 2.05) is 0 Å². The number of hydrogen-bond acceptors (Lipinski definition) is 5. The fraction of sp³-hybridized carbons (Fsp3) is 0.545. The zero-order chi connectivity index (χ0) is 13.5. The second-order valence-electron chi connectivity index (χ2n) is 4.19. The van der Waals surface area contributed by atoms with Gasteiger partial charge in [-0.25, -0.2) is 4.98 Å². The van der Waals surface area contributed by atoms with E-state index in [1.165, 1.54) is 12.1 Å². The molecule has 0 aliphatic rings. The van der Waals surface area contributed by atoms with E-state index < -0.39 is 4.92 Å². The zero-order valence-electron chi connectivity index (χ0n) is 10.4. The summed E-state index contributed by atoms with van der Waals surface area (Å²) in [5, 5.41) is 13.6. The topological polar surface area (TPSA) is 77.3 Å². The molecular weight excluding hydrogens is 258 g/mol. The predicted octanol–water partition coefficient (Wildman–Crippen LogP) is 2.73. The summed E-state index contributed by atoms with van der Waals surface area (Å²) in [6.45, 7) is 5.85. The molecule has 0 amide bonds. The molecular formula is C11H16ClN3O3. The molecule has 0 saturated heterocycles. The van der Waals surface area contributed by atoms with Crippen molar-refractivity contribution in [3.05, 3.63) is 27.4 Å². The van der Waals surface area contributed by atoms with E-state index in [0.717, 1.165) is 0 Å². The van der Waals surface area contributed by atoms with Crippen LogP contribution in [0.15, 0.2) is 12.1 Å². The number of anilines is 1. The Bertz CT molecular complexity index is 413. The highest BCUT2D eigenvalue weighted by Crippen LogP contribution is 2.20. The molecule has 0 atom stereocenters. The summed E-state index contributed by atoms with van der Waals surface area (Å²) < 4.78 is 5.37. The number of nitro groups is 1. The minimum absolute atomic E-state index is 0.0828. The highest BCUT2D eigenvalue weighted by Gasteiger charge is 2.09. The summed E-state index contributed by atoms with van der Waals surface area (Å²) in [5.41, 5.74) is -0.0828. The molecule has 1 aromatic rings. The second kappa shape index (κ2) is 7.13.